The maximum atomic E-state index is 4.33. The van der Waals surface area contributed by atoms with Crippen LogP contribution in [0.4, 0.5) is 0 Å². The molecule has 100 valence electrons. The zero-order chi connectivity index (χ0) is 12.4. The molecule has 0 aromatic carbocycles. The fraction of sp³-hybridized carbons (Fsp3) is 0.769. The van der Waals surface area contributed by atoms with Crippen LogP contribution in [-0.4, -0.2) is 60.1 Å². The van der Waals surface area contributed by atoms with Crippen LogP contribution in [0.2, 0.25) is 0 Å². The molecular weight excluding hydrogens is 244 g/mol. The van der Waals surface area contributed by atoms with Gasteiger partial charge in [0, 0.05) is 56.4 Å². The molecule has 5 heteroatoms. The van der Waals surface area contributed by atoms with E-state index in [0.717, 1.165) is 12.6 Å². The van der Waals surface area contributed by atoms with E-state index < -0.39 is 0 Å². The molecule has 3 rings (SSSR count). The molecule has 2 saturated heterocycles. The molecule has 1 atom stereocenters. The fourth-order valence-electron chi connectivity index (χ4n) is 2.94. The van der Waals surface area contributed by atoms with Crippen molar-refractivity contribution in [3.8, 4) is 0 Å². The zero-order valence-corrected chi connectivity index (χ0v) is 11.9. The molecule has 18 heavy (non-hydrogen) atoms. The van der Waals surface area contributed by atoms with Crippen molar-refractivity contribution in [3.63, 3.8) is 0 Å². The quantitative estimate of drug-likeness (QED) is 0.882. The van der Waals surface area contributed by atoms with Crippen LogP contribution in [0, 0.1) is 6.92 Å². The van der Waals surface area contributed by atoms with E-state index in [1.807, 2.05) is 17.5 Å². The van der Waals surface area contributed by atoms with Crippen LogP contribution in [0.15, 0.2) is 6.20 Å². The van der Waals surface area contributed by atoms with E-state index in [4.69, 9.17) is 0 Å². The van der Waals surface area contributed by atoms with E-state index in [0.29, 0.717) is 0 Å². The third-order valence-corrected chi connectivity index (χ3v) is 4.90. The van der Waals surface area contributed by atoms with Gasteiger partial charge in [-0.15, -0.1) is 11.3 Å². The molecule has 1 aromatic heterocycles. The molecule has 3 heterocycles. The highest BCUT2D eigenvalue weighted by Gasteiger charge is 2.25. The third kappa shape index (κ3) is 2.91. The van der Waals surface area contributed by atoms with Crippen LogP contribution in [0.1, 0.15) is 16.3 Å². The van der Waals surface area contributed by atoms with Gasteiger partial charge < -0.3 is 5.32 Å². The Morgan fingerprint density at radius 2 is 2.22 bits per heavy atom. The first-order chi connectivity index (χ1) is 8.81. The summed E-state index contributed by atoms with van der Waals surface area (Å²) in [5.74, 6) is 0. The minimum Gasteiger partial charge on any atom is -0.315 e. The lowest BCUT2D eigenvalue weighted by atomic mass is 10.2. The Hall–Kier alpha value is -0.490. The minimum absolute atomic E-state index is 0.790. The Labute approximate surface area is 113 Å². The molecule has 2 aliphatic heterocycles. The Morgan fingerprint density at radius 3 is 2.83 bits per heavy atom. The van der Waals surface area contributed by atoms with Crippen LogP contribution < -0.4 is 5.32 Å². The second-order valence-electron chi connectivity index (χ2n) is 5.30. The first-order valence-electron chi connectivity index (χ1n) is 6.90. The van der Waals surface area contributed by atoms with Gasteiger partial charge in [0.05, 0.1) is 5.01 Å². The lowest BCUT2D eigenvalue weighted by molar-refractivity contribution is 0.0987. The van der Waals surface area contributed by atoms with Crippen molar-refractivity contribution in [1.82, 2.24) is 20.1 Å². The highest BCUT2D eigenvalue weighted by molar-refractivity contribution is 7.11. The predicted octanol–water partition coefficient (Wildman–Crippen LogP) is 0.931. The summed E-state index contributed by atoms with van der Waals surface area (Å²) < 4.78 is 0. The second kappa shape index (κ2) is 5.65. The SMILES string of the molecule is Cc1ncc(CN2CCN(C3CCNC3)CC2)s1. The molecule has 0 aliphatic carbocycles. The molecule has 0 amide bonds. The number of nitrogens with one attached hydrogen (secondary N) is 1. The summed E-state index contributed by atoms with van der Waals surface area (Å²) in [5, 5.41) is 4.64. The van der Waals surface area contributed by atoms with Crippen LogP contribution in [0.25, 0.3) is 0 Å². The van der Waals surface area contributed by atoms with E-state index in [-0.39, 0.29) is 0 Å². The zero-order valence-electron chi connectivity index (χ0n) is 11.1. The van der Waals surface area contributed by atoms with E-state index in [1.165, 1.54) is 55.6 Å². The minimum atomic E-state index is 0.790. The Kier molecular flexibility index (Phi) is 3.94. The van der Waals surface area contributed by atoms with Crippen molar-refractivity contribution in [3.05, 3.63) is 16.1 Å². The van der Waals surface area contributed by atoms with Gasteiger partial charge in [-0.05, 0) is 19.9 Å². The molecule has 1 aromatic rings. The summed E-state index contributed by atoms with van der Waals surface area (Å²) in [4.78, 5) is 11.0. The molecule has 0 radical (unpaired) electrons. The van der Waals surface area contributed by atoms with E-state index in [2.05, 4.69) is 27.0 Å². The number of aryl methyl sites for hydroxylation is 1. The maximum absolute atomic E-state index is 4.33. The molecule has 2 fully saturated rings. The van der Waals surface area contributed by atoms with Crippen LogP contribution in [-0.2, 0) is 6.54 Å². The monoisotopic (exact) mass is 266 g/mol. The van der Waals surface area contributed by atoms with Crippen LogP contribution >= 0.6 is 11.3 Å². The molecule has 0 bridgehead atoms. The number of hydrogen-bond acceptors (Lipinski definition) is 5. The van der Waals surface area contributed by atoms with Gasteiger partial charge in [-0.3, -0.25) is 9.80 Å². The number of thiazole rings is 1. The van der Waals surface area contributed by atoms with E-state index in [9.17, 15) is 0 Å². The topological polar surface area (TPSA) is 31.4 Å². The molecule has 1 unspecified atom stereocenters. The first kappa shape index (κ1) is 12.5. The Bertz CT molecular complexity index is 378. The first-order valence-corrected chi connectivity index (χ1v) is 7.71. The average Bonchev–Trinajstić information content (AvgIpc) is 3.02. The molecule has 2 aliphatic rings. The molecular formula is C13H22N4S. The standard InChI is InChI=1S/C13H22N4S/c1-11-15-9-13(18-11)10-16-4-6-17(7-5-16)12-2-3-14-8-12/h9,12,14H,2-8,10H2,1H3. The summed E-state index contributed by atoms with van der Waals surface area (Å²) in [7, 11) is 0. The lowest BCUT2D eigenvalue weighted by Crippen LogP contribution is -2.50. The summed E-state index contributed by atoms with van der Waals surface area (Å²) >= 11 is 1.83. The highest BCUT2D eigenvalue weighted by atomic mass is 32.1. The number of piperazine rings is 1. The van der Waals surface area contributed by atoms with Crippen LogP contribution in [0.5, 0.6) is 0 Å². The summed E-state index contributed by atoms with van der Waals surface area (Å²) in [6.07, 6.45) is 3.36. The molecule has 1 N–H and O–H groups in total. The lowest BCUT2D eigenvalue weighted by Gasteiger charge is -2.37. The molecule has 0 saturated carbocycles. The van der Waals surface area contributed by atoms with Gasteiger partial charge in [-0.2, -0.15) is 0 Å². The van der Waals surface area contributed by atoms with Crippen molar-refractivity contribution in [2.75, 3.05) is 39.3 Å². The number of nitrogens with zero attached hydrogens (tertiary/aromatic N) is 3. The summed E-state index contributed by atoms with van der Waals surface area (Å²) in [5.41, 5.74) is 0. The number of hydrogen-bond donors (Lipinski definition) is 1. The van der Waals surface area contributed by atoms with E-state index in [1.54, 1.807) is 0 Å². The van der Waals surface area contributed by atoms with Gasteiger partial charge in [-0.1, -0.05) is 0 Å². The van der Waals surface area contributed by atoms with Crippen molar-refractivity contribution in [2.45, 2.75) is 25.9 Å². The number of rotatable bonds is 3. The van der Waals surface area contributed by atoms with Crippen molar-refractivity contribution >= 4 is 11.3 Å². The summed E-state index contributed by atoms with van der Waals surface area (Å²) in [6, 6.07) is 0.790. The van der Waals surface area contributed by atoms with Crippen molar-refractivity contribution < 1.29 is 0 Å². The Morgan fingerprint density at radius 1 is 1.39 bits per heavy atom. The average molecular weight is 266 g/mol. The third-order valence-electron chi connectivity index (χ3n) is 4.01. The van der Waals surface area contributed by atoms with Gasteiger partial charge in [0.2, 0.25) is 0 Å². The second-order valence-corrected chi connectivity index (χ2v) is 6.62. The van der Waals surface area contributed by atoms with E-state index >= 15 is 0 Å². The Balaban J connectivity index is 1.47. The predicted molar refractivity (Wildman–Crippen MR) is 75.0 cm³/mol. The van der Waals surface area contributed by atoms with Gasteiger partial charge in [0.15, 0.2) is 0 Å². The largest absolute Gasteiger partial charge is 0.315 e. The van der Waals surface area contributed by atoms with Gasteiger partial charge >= 0.3 is 0 Å². The van der Waals surface area contributed by atoms with Gasteiger partial charge in [0.25, 0.3) is 0 Å². The normalized spacial score (nSPS) is 26.8. The number of aromatic nitrogens is 1. The van der Waals surface area contributed by atoms with Gasteiger partial charge in [-0.25, -0.2) is 4.98 Å². The maximum Gasteiger partial charge on any atom is 0.0897 e. The molecule has 0 spiro atoms. The molecule has 4 nitrogen and oxygen atoms in total. The van der Waals surface area contributed by atoms with Crippen molar-refractivity contribution in [2.24, 2.45) is 0 Å². The fourth-order valence-corrected chi connectivity index (χ4v) is 3.77. The van der Waals surface area contributed by atoms with Crippen molar-refractivity contribution in [1.29, 1.82) is 0 Å². The van der Waals surface area contributed by atoms with Gasteiger partial charge in [0.1, 0.15) is 0 Å². The summed E-state index contributed by atoms with van der Waals surface area (Å²) in [6.45, 7) is 10.4. The highest BCUT2D eigenvalue weighted by Crippen LogP contribution is 2.17. The van der Waals surface area contributed by atoms with Crippen LogP contribution in [0.3, 0.4) is 0 Å². The smallest absolute Gasteiger partial charge is 0.0897 e.